The third-order valence-corrected chi connectivity index (χ3v) is 3.75. The lowest BCUT2D eigenvalue weighted by Crippen LogP contribution is -2.23. The normalized spacial score (nSPS) is 10.7. The third kappa shape index (κ3) is 3.92. The molecule has 3 nitrogen and oxygen atoms in total. The Bertz CT molecular complexity index is 827. The molecule has 23 heavy (non-hydrogen) atoms. The molecule has 0 spiro atoms. The van der Waals surface area contributed by atoms with Crippen LogP contribution in [0.15, 0.2) is 60.8 Å². The summed E-state index contributed by atoms with van der Waals surface area (Å²) in [5.74, 6) is -0.318. The van der Waals surface area contributed by atoms with Crippen LogP contribution in [0, 0.1) is 5.82 Å². The molecule has 0 bridgehead atoms. The van der Waals surface area contributed by atoms with Crippen LogP contribution >= 0.6 is 0 Å². The number of hydrogen-bond acceptors (Lipinski definition) is 2. The summed E-state index contributed by atoms with van der Waals surface area (Å²) >= 11 is 0. The molecule has 2 aromatic carbocycles. The van der Waals surface area contributed by atoms with Crippen LogP contribution in [-0.4, -0.2) is 10.9 Å². The highest BCUT2D eigenvalue weighted by atomic mass is 19.1. The van der Waals surface area contributed by atoms with Gasteiger partial charge < -0.3 is 5.32 Å². The summed E-state index contributed by atoms with van der Waals surface area (Å²) in [4.78, 5) is 16.3. The van der Waals surface area contributed by atoms with Crippen molar-refractivity contribution >= 4 is 16.8 Å². The fourth-order valence-corrected chi connectivity index (χ4v) is 2.54. The smallest absolute Gasteiger partial charge is 0.220 e. The summed E-state index contributed by atoms with van der Waals surface area (Å²) in [6.45, 7) is 0.463. The molecule has 0 radical (unpaired) electrons. The van der Waals surface area contributed by atoms with Crippen molar-refractivity contribution in [3.8, 4) is 0 Å². The Morgan fingerprint density at radius 2 is 1.96 bits per heavy atom. The van der Waals surface area contributed by atoms with Gasteiger partial charge >= 0.3 is 0 Å². The number of para-hydroxylation sites is 1. The summed E-state index contributed by atoms with van der Waals surface area (Å²) in [5.41, 5.74) is 2.78. The Morgan fingerprint density at radius 3 is 2.83 bits per heavy atom. The molecule has 1 N–H and O–H groups in total. The molecule has 0 saturated carbocycles. The minimum absolute atomic E-state index is 0.0462. The molecule has 0 aliphatic rings. The molecule has 116 valence electrons. The van der Waals surface area contributed by atoms with Crippen molar-refractivity contribution in [1.82, 2.24) is 10.3 Å². The molecule has 0 unspecified atom stereocenters. The average Bonchev–Trinajstić information content (AvgIpc) is 2.58. The number of carbonyl (C=O) groups excluding carboxylic acids is 1. The Balaban J connectivity index is 1.58. The van der Waals surface area contributed by atoms with Crippen LogP contribution in [0.5, 0.6) is 0 Å². The number of halogens is 1. The molecule has 0 aliphatic heterocycles. The van der Waals surface area contributed by atoms with Crippen LogP contribution in [0.4, 0.5) is 4.39 Å². The number of nitrogens with one attached hydrogen (secondary N) is 1. The van der Waals surface area contributed by atoms with E-state index in [1.165, 1.54) is 12.1 Å². The summed E-state index contributed by atoms with van der Waals surface area (Å²) in [7, 11) is 0. The molecule has 1 aromatic heterocycles. The molecule has 3 aromatic rings. The average molecular weight is 308 g/mol. The van der Waals surface area contributed by atoms with Gasteiger partial charge in [-0.1, -0.05) is 30.3 Å². The summed E-state index contributed by atoms with van der Waals surface area (Å²) in [6, 6.07) is 16.1. The van der Waals surface area contributed by atoms with Gasteiger partial charge in [0.25, 0.3) is 0 Å². The van der Waals surface area contributed by atoms with E-state index in [9.17, 15) is 9.18 Å². The van der Waals surface area contributed by atoms with Crippen LogP contribution in [0.3, 0.4) is 0 Å². The molecule has 0 aliphatic carbocycles. The minimum atomic E-state index is -0.272. The highest BCUT2D eigenvalue weighted by Crippen LogP contribution is 2.15. The van der Waals surface area contributed by atoms with Gasteiger partial charge in [0.05, 0.1) is 5.52 Å². The Morgan fingerprint density at radius 1 is 1.09 bits per heavy atom. The van der Waals surface area contributed by atoms with Gasteiger partial charge in [0.15, 0.2) is 0 Å². The first kappa shape index (κ1) is 15.2. The maximum atomic E-state index is 13.1. The predicted octanol–water partition coefficient (Wildman–Crippen LogP) is 3.62. The van der Waals surface area contributed by atoms with Crippen LogP contribution < -0.4 is 5.32 Å². The summed E-state index contributed by atoms with van der Waals surface area (Å²) < 4.78 is 13.1. The zero-order valence-corrected chi connectivity index (χ0v) is 12.6. The van der Waals surface area contributed by atoms with Gasteiger partial charge in [-0.2, -0.15) is 0 Å². The van der Waals surface area contributed by atoms with Crippen molar-refractivity contribution in [3.05, 3.63) is 77.7 Å². The van der Waals surface area contributed by atoms with Crippen molar-refractivity contribution in [2.45, 2.75) is 19.4 Å². The maximum absolute atomic E-state index is 13.1. The minimum Gasteiger partial charge on any atom is -0.352 e. The van der Waals surface area contributed by atoms with Gasteiger partial charge in [-0.3, -0.25) is 9.78 Å². The second-order valence-corrected chi connectivity index (χ2v) is 5.39. The Hall–Kier alpha value is -2.75. The van der Waals surface area contributed by atoms with Gasteiger partial charge in [0, 0.05) is 24.5 Å². The van der Waals surface area contributed by atoms with E-state index in [0.29, 0.717) is 19.4 Å². The molecule has 1 amide bonds. The molecule has 0 fully saturated rings. The van der Waals surface area contributed by atoms with Crippen LogP contribution in [0.1, 0.15) is 17.5 Å². The number of nitrogens with zero attached hydrogens (tertiary/aromatic N) is 1. The summed E-state index contributed by atoms with van der Waals surface area (Å²) in [5, 5.41) is 3.96. The highest BCUT2D eigenvalue weighted by molar-refractivity contribution is 5.82. The Labute approximate surface area is 134 Å². The monoisotopic (exact) mass is 308 g/mol. The number of rotatable bonds is 5. The van der Waals surface area contributed by atoms with Crippen molar-refractivity contribution in [1.29, 1.82) is 0 Å². The lowest BCUT2D eigenvalue weighted by atomic mass is 10.1. The Kier molecular flexibility index (Phi) is 4.62. The van der Waals surface area contributed by atoms with E-state index < -0.39 is 0 Å². The van der Waals surface area contributed by atoms with E-state index in [0.717, 1.165) is 22.0 Å². The van der Waals surface area contributed by atoms with Crippen molar-refractivity contribution < 1.29 is 9.18 Å². The molecular weight excluding hydrogens is 291 g/mol. The SMILES string of the molecule is O=C(CCc1cccc(F)c1)NCc1ccnc2ccccc12. The molecule has 4 heteroatoms. The van der Waals surface area contributed by atoms with Crippen LogP contribution in [0.25, 0.3) is 10.9 Å². The van der Waals surface area contributed by atoms with Crippen molar-refractivity contribution in [2.75, 3.05) is 0 Å². The zero-order chi connectivity index (χ0) is 16.1. The van der Waals surface area contributed by atoms with Gasteiger partial charge in [-0.15, -0.1) is 0 Å². The molecule has 0 saturated heterocycles. The number of hydrogen-bond donors (Lipinski definition) is 1. The van der Waals surface area contributed by atoms with Gasteiger partial charge in [0.1, 0.15) is 5.82 Å². The zero-order valence-electron chi connectivity index (χ0n) is 12.6. The van der Waals surface area contributed by atoms with Crippen LogP contribution in [-0.2, 0) is 17.8 Å². The third-order valence-electron chi connectivity index (χ3n) is 3.75. The standard InChI is InChI=1S/C19H17FN2O/c20-16-5-3-4-14(12-16)8-9-19(23)22-13-15-10-11-21-18-7-2-1-6-17(15)18/h1-7,10-12H,8-9,13H2,(H,22,23). The van der Waals surface area contributed by atoms with Crippen molar-refractivity contribution in [3.63, 3.8) is 0 Å². The number of benzene rings is 2. The number of pyridine rings is 1. The predicted molar refractivity (Wildman–Crippen MR) is 88.3 cm³/mol. The number of amides is 1. The first-order valence-corrected chi connectivity index (χ1v) is 7.56. The lowest BCUT2D eigenvalue weighted by Gasteiger charge is -2.08. The second kappa shape index (κ2) is 7.01. The van der Waals surface area contributed by atoms with Gasteiger partial charge in [0.2, 0.25) is 5.91 Å². The first-order chi connectivity index (χ1) is 11.2. The highest BCUT2D eigenvalue weighted by Gasteiger charge is 2.05. The van der Waals surface area contributed by atoms with E-state index in [4.69, 9.17) is 0 Å². The maximum Gasteiger partial charge on any atom is 0.220 e. The van der Waals surface area contributed by atoms with E-state index in [1.54, 1.807) is 12.3 Å². The fourth-order valence-electron chi connectivity index (χ4n) is 2.54. The first-order valence-electron chi connectivity index (χ1n) is 7.56. The quantitative estimate of drug-likeness (QED) is 0.782. The second-order valence-electron chi connectivity index (χ2n) is 5.39. The van der Waals surface area contributed by atoms with Gasteiger partial charge in [-0.05, 0) is 41.8 Å². The lowest BCUT2D eigenvalue weighted by molar-refractivity contribution is -0.121. The van der Waals surface area contributed by atoms with E-state index in [2.05, 4.69) is 10.3 Å². The fraction of sp³-hybridized carbons (Fsp3) is 0.158. The number of fused-ring (bicyclic) bond motifs is 1. The largest absolute Gasteiger partial charge is 0.352 e. The molecule has 3 rings (SSSR count). The number of aryl methyl sites for hydroxylation is 1. The van der Waals surface area contributed by atoms with E-state index in [-0.39, 0.29) is 11.7 Å². The topological polar surface area (TPSA) is 42.0 Å². The summed E-state index contributed by atoms with van der Waals surface area (Å²) in [6.07, 6.45) is 2.61. The van der Waals surface area contributed by atoms with E-state index >= 15 is 0 Å². The molecular formula is C19H17FN2O. The number of aromatic nitrogens is 1. The van der Waals surface area contributed by atoms with Gasteiger partial charge in [-0.25, -0.2) is 4.39 Å². The molecule has 1 heterocycles. The van der Waals surface area contributed by atoms with Crippen LogP contribution in [0.2, 0.25) is 0 Å². The van der Waals surface area contributed by atoms with E-state index in [1.807, 2.05) is 36.4 Å². The molecule has 0 atom stereocenters. The number of carbonyl (C=O) groups is 1. The van der Waals surface area contributed by atoms with Crippen molar-refractivity contribution in [2.24, 2.45) is 0 Å².